The van der Waals surface area contributed by atoms with Gasteiger partial charge in [-0.25, -0.2) is 0 Å². The van der Waals surface area contributed by atoms with Crippen molar-refractivity contribution in [3.8, 4) is 5.75 Å². The lowest BCUT2D eigenvalue weighted by Crippen LogP contribution is -2.65. The van der Waals surface area contributed by atoms with Crippen molar-refractivity contribution in [2.24, 2.45) is 5.92 Å². The molecule has 5 atom stereocenters. The topological polar surface area (TPSA) is 44.7 Å². The molecule has 1 fully saturated rings. The molecule has 0 radical (unpaired) electrons. The van der Waals surface area contributed by atoms with E-state index < -0.39 is 0 Å². The molecule has 2 aliphatic heterocycles. The van der Waals surface area contributed by atoms with Gasteiger partial charge < -0.3 is 20.1 Å². The Balaban J connectivity index is 1.38. The van der Waals surface area contributed by atoms with Crippen molar-refractivity contribution in [1.29, 1.82) is 0 Å². The monoisotopic (exact) mass is 424 g/mol. The molecule has 2 N–H and O–H groups in total. The number of nitrogens with one attached hydrogen (secondary N) is 1. The average Bonchev–Trinajstić information content (AvgIpc) is 3.18. The number of fused-ring (bicyclic) bond motifs is 1. The highest BCUT2D eigenvalue weighted by Crippen LogP contribution is 2.61. The molecule has 0 aromatic heterocycles. The molecule has 32 heavy (non-hydrogen) atoms. The minimum Gasteiger partial charge on any atom is -0.486 e. The minimum atomic E-state index is -0.0255. The van der Waals surface area contributed by atoms with Crippen molar-refractivity contribution in [2.75, 3.05) is 18.9 Å². The Bertz CT molecular complexity index is 1260. The Kier molecular flexibility index (Phi) is 3.86. The predicted octanol–water partition coefficient (Wildman–Crippen LogP) is 4.26. The van der Waals surface area contributed by atoms with E-state index in [9.17, 15) is 5.11 Å². The summed E-state index contributed by atoms with van der Waals surface area (Å²) < 4.78 is 6.84. The van der Waals surface area contributed by atoms with Gasteiger partial charge in [-0.2, -0.15) is 0 Å². The Morgan fingerprint density at radius 1 is 1.09 bits per heavy atom. The van der Waals surface area contributed by atoms with E-state index in [0.29, 0.717) is 12.0 Å². The molecule has 2 aliphatic carbocycles. The van der Waals surface area contributed by atoms with E-state index >= 15 is 0 Å². The van der Waals surface area contributed by atoms with Gasteiger partial charge in [-0.1, -0.05) is 60.7 Å². The van der Waals surface area contributed by atoms with E-state index in [4.69, 9.17) is 4.74 Å². The summed E-state index contributed by atoms with van der Waals surface area (Å²) in [5, 5.41) is 16.4. The van der Waals surface area contributed by atoms with Gasteiger partial charge in [0.25, 0.3) is 0 Å². The van der Waals surface area contributed by atoms with Gasteiger partial charge in [0.2, 0.25) is 0 Å². The maximum Gasteiger partial charge on any atom is 0.133 e. The second kappa shape index (κ2) is 6.60. The molecule has 5 unspecified atom stereocenters. The van der Waals surface area contributed by atoms with Gasteiger partial charge in [0.05, 0.1) is 12.6 Å². The van der Waals surface area contributed by atoms with Gasteiger partial charge in [0.1, 0.15) is 11.9 Å². The summed E-state index contributed by atoms with van der Waals surface area (Å²) in [6.45, 7) is 1.10. The summed E-state index contributed by atoms with van der Waals surface area (Å²) in [6, 6.07) is 19.9. The number of aliphatic hydroxyl groups excluding tert-OH is 1. The fraction of sp³-hybridized carbons (Fsp3) is 0.357. The van der Waals surface area contributed by atoms with Crippen LogP contribution in [0.25, 0.3) is 10.8 Å². The molecular weight excluding hydrogens is 396 g/mol. The SMILES string of the molecule is CN1CCC23c4c5ccc(CO)c4OC2C(Nc2cccc4ccccc24)C=CC3C1C5. The molecule has 3 aromatic rings. The number of aliphatic hydroxyl groups is 1. The first-order valence-electron chi connectivity index (χ1n) is 11.8. The zero-order valence-electron chi connectivity index (χ0n) is 18.3. The molecule has 2 bridgehead atoms. The highest BCUT2D eigenvalue weighted by atomic mass is 16.5. The van der Waals surface area contributed by atoms with Gasteiger partial charge in [0, 0.05) is 39.6 Å². The number of ether oxygens (including phenoxy) is 1. The standard InChI is InChI=1S/C28H28N2O2/c1-30-14-13-28-21-11-12-23(29-22-8-4-6-17-5-2-3-7-20(17)22)27(28)32-26-19(16-31)10-9-18(25(26)28)15-24(21)30/h2-12,21,23-24,27,29,31H,13-16H2,1H3. The van der Waals surface area contributed by atoms with Crippen LogP contribution in [-0.4, -0.2) is 41.8 Å². The van der Waals surface area contributed by atoms with Crippen LogP contribution in [-0.2, 0) is 18.4 Å². The summed E-state index contributed by atoms with van der Waals surface area (Å²) in [6.07, 6.45) is 6.97. The minimum absolute atomic E-state index is 0.0221. The highest BCUT2D eigenvalue weighted by Gasteiger charge is 2.64. The number of likely N-dealkylation sites (tertiary alicyclic amines) is 1. The molecule has 4 nitrogen and oxygen atoms in total. The average molecular weight is 425 g/mol. The summed E-state index contributed by atoms with van der Waals surface area (Å²) >= 11 is 0. The Morgan fingerprint density at radius 2 is 1.97 bits per heavy atom. The molecule has 2 heterocycles. The van der Waals surface area contributed by atoms with Gasteiger partial charge >= 0.3 is 0 Å². The van der Waals surface area contributed by atoms with Crippen molar-refractivity contribution >= 4 is 16.5 Å². The lowest BCUT2D eigenvalue weighted by Gasteiger charge is -2.57. The Labute approximate surface area is 188 Å². The first-order valence-corrected chi connectivity index (χ1v) is 11.8. The number of benzene rings is 3. The number of nitrogens with zero attached hydrogens (tertiary/aromatic N) is 1. The fourth-order valence-corrected chi connectivity index (χ4v) is 7.11. The normalized spacial score (nSPS) is 31.9. The first-order chi connectivity index (χ1) is 15.7. The number of rotatable bonds is 3. The van der Waals surface area contributed by atoms with Crippen molar-refractivity contribution in [3.05, 3.63) is 83.4 Å². The van der Waals surface area contributed by atoms with Crippen molar-refractivity contribution in [2.45, 2.75) is 43.1 Å². The van der Waals surface area contributed by atoms with Crippen LogP contribution >= 0.6 is 0 Å². The molecule has 3 aromatic carbocycles. The summed E-state index contributed by atoms with van der Waals surface area (Å²) in [7, 11) is 2.27. The van der Waals surface area contributed by atoms with Crippen LogP contribution in [0.2, 0.25) is 0 Å². The molecule has 162 valence electrons. The molecule has 0 amide bonds. The molecule has 1 spiro atoms. The third kappa shape index (κ3) is 2.29. The molecule has 4 heteroatoms. The number of anilines is 1. The van der Waals surface area contributed by atoms with Gasteiger partial charge in [-0.05, 0) is 43.5 Å². The Morgan fingerprint density at radius 3 is 2.88 bits per heavy atom. The maximum atomic E-state index is 10.1. The summed E-state index contributed by atoms with van der Waals surface area (Å²) in [5.41, 5.74) is 4.84. The number of piperidine rings is 1. The van der Waals surface area contributed by atoms with Crippen LogP contribution in [0.3, 0.4) is 0 Å². The first kappa shape index (κ1) is 18.7. The van der Waals surface area contributed by atoms with Crippen molar-refractivity contribution < 1.29 is 9.84 Å². The van der Waals surface area contributed by atoms with E-state index in [1.54, 1.807) is 0 Å². The van der Waals surface area contributed by atoms with E-state index in [2.05, 4.69) is 84.0 Å². The van der Waals surface area contributed by atoms with Crippen LogP contribution in [0.15, 0.2) is 66.7 Å². The van der Waals surface area contributed by atoms with Crippen molar-refractivity contribution in [1.82, 2.24) is 4.90 Å². The number of likely N-dealkylation sites (N-methyl/N-ethyl adjacent to an activating group) is 1. The van der Waals surface area contributed by atoms with E-state index in [-0.39, 0.29) is 24.2 Å². The quantitative estimate of drug-likeness (QED) is 0.617. The second-order valence-electron chi connectivity index (χ2n) is 9.93. The van der Waals surface area contributed by atoms with Gasteiger partial charge in [-0.15, -0.1) is 0 Å². The van der Waals surface area contributed by atoms with Crippen LogP contribution in [0.1, 0.15) is 23.1 Å². The number of hydrogen-bond acceptors (Lipinski definition) is 4. The zero-order valence-corrected chi connectivity index (χ0v) is 18.3. The zero-order chi connectivity index (χ0) is 21.4. The summed E-state index contributed by atoms with van der Waals surface area (Å²) in [5.74, 6) is 1.40. The molecule has 4 aliphatic rings. The second-order valence-corrected chi connectivity index (χ2v) is 9.93. The molecule has 7 rings (SSSR count). The summed E-state index contributed by atoms with van der Waals surface area (Å²) in [4.78, 5) is 2.54. The lowest BCUT2D eigenvalue weighted by molar-refractivity contribution is -0.00185. The van der Waals surface area contributed by atoms with E-state index in [1.165, 1.54) is 21.9 Å². The lowest BCUT2D eigenvalue weighted by atomic mass is 9.53. The highest BCUT2D eigenvalue weighted by molar-refractivity contribution is 5.94. The molecule has 0 saturated carbocycles. The maximum absolute atomic E-state index is 10.1. The molecule has 1 saturated heterocycles. The van der Waals surface area contributed by atoms with Crippen molar-refractivity contribution in [3.63, 3.8) is 0 Å². The molecular formula is C28H28N2O2. The van der Waals surface area contributed by atoms with Gasteiger partial charge in [0.15, 0.2) is 0 Å². The van der Waals surface area contributed by atoms with Gasteiger partial charge in [-0.3, -0.25) is 0 Å². The largest absolute Gasteiger partial charge is 0.486 e. The Hall–Kier alpha value is -2.82. The van der Waals surface area contributed by atoms with Crippen LogP contribution < -0.4 is 10.1 Å². The van der Waals surface area contributed by atoms with Crippen LogP contribution in [0.5, 0.6) is 5.75 Å². The predicted molar refractivity (Wildman–Crippen MR) is 127 cm³/mol. The third-order valence-electron chi connectivity index (χ3n) is 8.56. The smallest absolute Gasteiger partial charge is 0.133 e. The van der Waals surface area contributed by atoms with E-state index in [0.717, 1.165) is 36.4 Å². The van der Waals surface area contributed by atoms with E-state index in [1.807, 2.05) is 0 Å². The fourth-order valence-electron chi connectivity index (χ4n) is 7.11. The van der Waals surface area contributed by atoms with Crippen LogP contribution in [0, 0.1) is 5.92 Å². The van der Waals surface area contributed by atoms with Crippen LogP contribution in [0.4, 0.5) is 5.69 Å². The third-order valence-corrected chi connectivity index (χ3v) is 8.56. The number of hydrogen-bond donors (Lipinski definition) is 2.